The summed E-state index contributed by atoms with van der Waals surface area (Å²) in [6.07, 6.45) is 3.03. The van der Waals surface area contributed by atoms with Crippen molar-refractivity contribution in [1.82, 2.24) is 0 Å². The summed E-state index contributed by atoms with van der Waals surface area (Å²) < 4.78 is 5.67. The van der Waals surface area contributed by atoms with E-state index in [9.17, 15) is 14.7 Å². The third-order valence-corrected chi connectivity index (χ3v) is 4.74. The van der Waals surface area contributed by atoms with E-state index in [1.54, 1.807) is 36.4 Å². The molecule has 1 N–H and O–H groups in total. The summed E-state index contributed by atoms with van der Waals surface area (Å²) in [5, 5.41) is 10.1. The first-order valence-electron chi connectivity index (χ1n) is 6.69. The molecule has 0 radical (unpaired) electrons. The molecule has 0 aliphatic carbocycles. The number of nitrogens with zero attached hydrogens (tertiary/aromatic N) is 1. The van der Waals surface area contributed by atoms with E-state index in [0.717, 1.165) is 0 Å². The quantitative estimate of drug-likeness (QED) is 0.657. The summed E-state index contributed by atoms with van der Waals surface area (Å²) in [6.45, 7) is -0.311. The molecule has 1 aromatic rings. The fourth-order valence-electron chi connectivity index (χ4n) is 3.53. The maximum absolute atomic E-state index is 12.7. The number of hydrogen-bond donors (Lipinski definition) is 1. The van der Waals surface area contributed by atoms with Crippen LogP contribution in [0.1, 0.15) is 0 Å². The number of carbonyl (C=O) groups is 2. The second-order valence-electron chi connectivity index (χ2n) is 5.55. The van der Waals surface area contributed by atoms with Gasteiger partial charge in [0, 0.05) is 5.02 Å². The van der Waals surface area contributed by atoms with Gasteiger partial charge in [0.2, 0.25) is 11.8 Å². The van der Waals surface area contributed by atoms with Crippen molar-refractivity contribution in [1.29, 1.82) is 0 Å². The van der Waals surface area contributed by atoms with Crippen molar-refractivity contribution < 1.29 is 19.4 Å². The number of aliphatic hydroxyl groups is 1. The number of rotatable bonds is 2. The number of carbonyl (C=O) groups excluding carboxylic acids is 2. The van der Waals surface area contributed by atoms with Crippen molar-refractivity contribution >= 4 is 29.1 Å². The molecule has 5 nitrogen and oxygen atoms in total. The highest BCUT2D eigenvalue weighted by Gasteiger charge is 2.67. The van der Waals surface area contributed by atoms with Crippen LogP contribution in [0, 0.1) is 11.8 Å². The molecule has 0 aromatic heterocycles. The number of ether oxygens (including phenoxy) is 1. The van der Waals surface area contributed by atoms with E-state index in [-0.39, 0.29) is 18.4 Å². The van der Waals surface area contributed by atoms with Crippen molar-refractivity contribution in [2.45, 2.75) is 11.7 Å². The summed E-state index contributed by atoms with van der Waals surface area (Å²) in [5.74, 6) is -1.81. The average molecular weight is 306 g/mol. The summed E-state index contributed by atoms with van der Waals surface area (Å²) >= 11 is 5.84. The predicted octanol–water partition coefficient (Wildman–Crippen LogP) is 1.15. The van der Waals surface area contributed by atoms with Crippen molar-refractivity contribution in [2.24, 2.45) is 11.8 Å². The van der Waals surface area contributed by atoms with Crippen LogP contribution in [0.2, 0.25) is 5.02 Å². The summed E-state index contributed by atoms with van der Waals surface area (Å²) in [4.78, 5) is 26.5. The first-order chi connectivity index (χ1) is 10.1. The Kier molecular flexibility index (Phi) is 2.58. The van der Waals surface area contributed by atoms with Gasteiger partial charge >= 0.3 is 0 Å². The van der Waals surface area contributed by atoms with Crippen molar-refractivity contribution in [3.8, 4) is 0 Å². The van der Waals surface area contributed by atoms with Crippen LogP contribution in [0.4, 0.5) is 5.69 Å². The zero-order chi connectivity index (χ0) is 14.8. The highest BCUT2D eigenvalue weighted by Crippen LogP contribution is 2.52. The Labute approximate surface area is 125 Å². The van der Waals surface area contributed by atoms with Crippen molar-refractivity contribution in [3.05, 3.63) is 41.4 Å². The summed E-state index contributed by atoms with van der Waals surface area (Å²) in [6, 6.07) is 6.55. The van der Waals surface area contributed by atoms with Gasteiger partial charge in [0.25, 0.3) is 0 Å². The number of aliphatic hydroxyl groups excluding tert-OH is 1. The van der Waals surface area contributed by atoms with E-state index in [1.165, 1.54) is 4.90 Å². The Morgan fingerprint density at radius 2 is 1.95 bits per heavy atom. The lowest BCUT2D eigenvalue weighted by atomic mass is 9.77. The van der Waals surface area contributed by atoms with Crippen LogP contribution in [0.25, 0.3) is 0 Å². The number of anilines is 1. The molecule has 6 heteroatoms. The van der Waals surface area contributed by atoms with Crippen LogP contribution in [-0.4, -0.2) is 35.2 Å². The minimum atomic E-state index is -1.05. The third kappa shape index (κ3) is 1.54. The van der Waals surface area contributed by atoms with Crippen LogP contribution in [0.3, 0.4) is 0 Å². The molecule has 2 fully saturated rings. The highest BCUT2D eigenvalue weighted by atomic mass is 35.5. The zero-order valence-electron chi connectivity index (χ0n) is 10.9. The Hall–Kier alpha value is -1.69. The number of hydrogen-bond acceptors (Lipinski definition) is 4. The molecule has 2 amide bonds. The molecule has 3 aliphatic rings. The normalized spacial score (nSPS) is 36.7. The standard InChI is InChI=1S/C15H12ClNO4/c16-8-1-3-9(4-2-8)17-13(19)11-10-5-6-15(7-18,21-10)12(11)14(17)20/h1-6,10-12,18H,7H2/t10-,11-,12-,15+/m1/s1. The van der Waals surface area contributed by atoms with Gasteiger partial charge < -0.3 is 9.84 Å². The molecule has 4 rings (SSSR count). The molecule has 4 atom stereocenters. The largest absolute Gasteiger partial charge is 0.393 e. The Bertz CT molecular complexity index is 671. The SMILES string of the molecule is O=C1[C@@H]2[C@H]3C=C[C@@](CO)(O3)[C@H]2C(=O)N1c1ccc(Cl)cc1. The van der Waals surface area contributed by atoms with Crippen LogP contribution in [0.5, 0.6) is 0 Å². The smallest absolute Gasteiger partial charge is 0.241 e. The van der Waals surface area contributed by atoms with Crippen LogP contribution < -0.4 is 4.90 Å². The highest BCUT2D eigenvalue weighted by molar-refractivity contribution is 6.31. The van der Waals surface area contributed by atoms with Gasteiger partial charge in [-0.1, -0.05) is 23.8 Å². The first kappa shape index (κ1) is 13.0. The topological polar surface area (TPSA) is 66.8 Å². The first-order valence-corrected chi connectivity index (χ1v) is 7.07. The monoisotopic (exact) mass is 305 g/mol. The van der Waals surface area contributed by atoms with Gasteiger partial charge in [-0.3, -0.25) is 9.59 Å². The van der Waals surface area contributed by atoms with E-state index < -0.39 is 23.5 Å². The summed E-state index contributed by atoms with van der Waals surface area (Å²) in [5.41, 5.74) is -0.556. The van der Waals surface area contributed by atoms with Crippen molar-refractivity contribution in [3.63, 3.8) is 0 Å². The molecule has 3 aliphatic heterocycles. The van der Waals surface area contributed by atoms with Gasteiger partial charge in [-0.05, 0) is 24.3 Å². The number of fused-ring (bicyclic) bond motifs is 5. The lowest BCUT2D eigenvalue weighted by Crippen LogP contribution is -2.43. The molecule has 1 aromatic carbocycles. The Balaban J connectivity index is 1.77. The molecular weight excluding hydrogens is 294 g/mol. The van der Waals surface area contributed by atoms with Gasteiger partial charge in [0.1, 0.15) is 5.60 Å². The van der Waals surface area contributed by atoms with Gasteiger partial charge in [-0.15, -0.1) is 0 Å². The van der Waals surface area contributed by atoms with Crippen LogP contribution in [0.15, 0.2) is 36.4 Å². The maximum Gasteiger partial charge on any atom is 0.241 e. The molecule has 2 saturated heterocycles. The minimum Gasteiger partial charge on any atom is -0.393 e. The lowest BCUT2D eigenvalue weighted by molar-refractivity contribution is -0.128. The van der Waals surface area contributed by atoms with E-state index >= 15 is 0 Å². The molecular formula is C15H12ClNO4. The lowest BCUT2D eigenvalue weighted by Gasteiger charge is -2.26. The fourth-order valence-corrected chi connectivity index (χ4v) is 3.65. The number of imide groups is 1. The van der Waals surface area contributed by atoms with E-state index in [2.05, 4.69) is 0 Å². The second kappa shape index (κ2) is 4.16. The Morgan fingerprint density at radius 3 is 2.62 bits per heavy atom. The molecule has 0 spiro atoms. The fraction of sp³-hybridized carbons (Fsp3) is 0.333. The van der Waals surface area contributed by atoms with E-state index in [0.29, 0.717) is 10.7 Å². The van der Waals surface area contributed by atoms with Crippen molar-refractivity contribution in [2.75, 3.05) is 11.5 Å². The maximum atomic E-state index is 12.7. The average Bonchev–Trinajstić information content (AvgIpc) is 3.12. The molecule has 3 heterocycles. The Morgan fingerprint density at radius 1 is 1.24 bits per heavy atom. The molecule has 21 heavy (non-hydrogen) atoms. The number of halogens is 1. The predicted molar refractivity (Wildman–Crippen MR) is 74.8 cm³/mol. The van der Waals surface area contributed by atoms with E-state index in [1.807, 2.05) is 0 Å². The summed E-state index contributed by atoms with van der Waals surface area (Å²) in [7, 11) is 0. The van der Waals surface area contributed by atoms with Crippen LogP contribution in [-0.2, 0) is 14.3 Å². The minimum absolute atomic E-state index is 0.281. The van der Waals surface area contributed by atoms with Gasteiger partial charge in [0.05, 0.1) is 30.2 Å². The number of benzene rings is 1. The molecule has 0 saturated carbocycles. The molecule has 0 unspecified atom stereocenters. The molecule has 2 bridgehead atoms. The van der Waals surface area contributed by atoms with Gasteiger partial charge in [-0.25, -0.2) is 4.90 Å². The van der Waals surface area contributed by atoms with Crippen LogP contribution >= 0.6 is 11.6 Å². The second-order valence-corrected chi connectivity index (χ2v) is 5.98. The third-order valence-electron chi connectivity index (χ3n) is 4.49. The zero-order valence-corrected chi connectivity index (χ0v) is 11.7. The van der Waals surface area contributed by atoms with Gasteiger partial charge in [0.15, 0.2) is 0 Å². The number of amides is 2. The van der Waals surface area contributed by atoms with E-state index in [4.69, 9.17) is 16.3 Å². The van der Waals surface area contributed by atoms with Gasteiger partial charge in [-0.2, -0.15) is 0 Å². The molecule has 108 valence electrons.